The number of rotatable bonds is 7. The summed E-state index contributed by atoms with van der Waals surface area (Å²) in [5.41, 5.74) is 0.956. The third-order valence-corrected chi connectivity index (χ3v) is 6.90. The highest BCUT2D eigenvalue weighted by Gasteiger charge is 2.33. The van der Waals surface area contributed by atoms with Gasteiger partial charge < -0.3 is 10.1 Å². The number of carbonyl (C=O) groups is 1. The van der Waals surface area contributed by atoms with Gasteiger partial charge in [-0.25, -0.2) is 8.42 Å². The normalized spacial score (nSPS) is 16.7. The third kappa shape index (κ3) is 5.23. The fraction of sp³-hybridized carbons (Fsp3) is 0.650. The van der Waals surface area contributed by atoms with Crippen molar-refractivity contribution in [2.24, 2.45) is 11.8 Å². The molecule has 0 bridgehead atoms. The molecule has 7 heteroatoms. The van der Waals surface area contributed by atoms with Gasteiger partial charge in [-0.3, -0.25) is 4.79 Å². The molecule has 27 heavy (non-hydrogen) atoms. The van der Waals surface area contributed by atoms with Gasteiger partial charge in [0.1, 0.15) is 10.6 Å². The van der Waals surface area contributed by atoms with Crippen LogP contribution in [-0.4, -0.2) is 45.4 Å². The molecule has 0 spiro atoms. The summed E-state index contributed by atoms with van der Waals surface area (Å²) in [6.45, 7) is 9.49. The predicted molar refractivity (Wildman–Crippen MR) is 106 cm³/mol. The van der Waals surface area contributed by atoms with E-state index in [2.05, 4.69) is 5.32 Å². The highest BCUT2D eigenvalue weighted by Crippen LogP contribution is 2.32. The minimum absolute atomic E-state index is 0.0279. The quantitative estimate of drug-likeness (QED) is 0.769. The zero-order valence-corrected chi connectivity index (χ0v) is 17.8. The number of nitrogens with one attached hydrogen (secondary N) is 1. The van der Waals surface area contributed by atoms with Crippen molar-refractivity contribution >= 4 is 15.9 Å². The van der Waals surface area contributed by atoms with E-state index in [1.807, 2.05) is 33.8 Å². The summed E-state index contributed by atoms with van der Waals surface area (Å²) >= 11 is 0. The zero-order valence-electron chi connectivity index (χ0n) is 17.0. The van der Waals surface area contributed by atoms with Crippen LogP contribution in [0.4, 0.5) is 0 Å². The van der Waals surface area contributed by atoms with Gasteiger partial charge in [-0.15, -0.1) is 0 Å². The Hall–Kier alpha value is -1.60. The third-order valence-electron chi connectivity index (χ3n) is 4.98. The molecule has 152 valence electrons. The highest BCUT2D eigenvalue weighted by atomic mass is 32.2. The second-order valence-electron chi connectivity index (χ2n) is 7.88. The van der Waals surface area contributed by atoms with Crippen molar-refractivity contribution in [2.45, 2.75) is 51.3 Å². The molecule has 1 aromatic carbocycles. The Morgan fingerprint density at radius 3 is 2.37 bits per heavy atom. The maximum atomic E-state index is 13.2. The summed E-state index contributed by atoms with van der Waals surface area (Å²) in [7, 11) is -2.18. The average Bonchev–Trinajstić information content (AvgIpc) is 2.65. The Kier molecular flexibility index (Phi) is 7.28. The number of sulfonamides is 1. The molecule has 1 fully saturated rings. The maximum Gasteiger partial charge on any atom is 0.246 e. The molecule has 0 unspecified atom stereocenters. The molecule has 1 amide bonds. The Morgan fingerprint density at radius 2 is 1.85 bits per heavy atom. The lowest BCUT2D eigenvalue weighted by molar-refractivity contribution is -0.126. The summed E-state index contributed by atoms with van der Waals surface area (Å²) in [4.78, 5) is 12.5. The van der Waals surface area contributed by atoms with Crippen molar-refractivity contribution in [3.8, 4) is 5.75 Å². The van der Waals surface area contributed by atoms with Crippen LogP contribution in [0.1, 0.15) is 52.0 Å². The van der Waals surface area contributed by atoms with Crippen LogP contribution in [0, 0.1) is 11.8 Å². The molecule has 6 nitrogen and oxygen atoms in total. The van der Waals surface area contributed by atoms with Gasteiger partial charge in [-0.05, 0) is 42.4 Å². The lowest BCUT2D eigenvalue weighted by Gasteiger charge is -2.31. The number of carbonyl (C=O) groups excluding carboxylic acids is 1. The van der Waals surface area contributed by atoms with E-state index in [1.54, 1.807) is 12.1 Å². The fourth-order valence-corrected chi connectivity index (χ4v) is 4.86. The molecule has 0 aromatic heterocycles. The molecule has 2 rings (SSSR count). The first-order valence-electron chi connectivity index (χ1n) is 9.62. The molecule has 1 aliphatic rings. The van der Waals surface area contributed by atoms with Gasteiger partial charge >= 0.3 is 0 Å². The molecule has 1 aliphatic heterocycles. The smallest absolute Gasteiger partial charge is 0.246 e. The van der Waals surface area contributed by atoms with Crippen molar-refractivity contribution in [3.63, 3.8) is 0 Å². The lowest BCUT2D eigenvalue weighted by Crippen LogP contribution is -2.43. The van der Waals surface area contributed by atoms with Crippen LogP contribution in [0.25, 0.3) is 0 Å². The lowest BCUT2D eigenvalue weighted by atomic mass is 9.97. The van der Waals surface area contributed by atoms with Crippen LogP contribution in [0.2, 0.25) is 0 Å². The van der Waals surface area contributed by atoms with Crippen LogP contribution in [-0.2, 0) is 14.8 Å². The van der Waals surface area contributed by atoms with E-state index >= 15 is 0 Å². The topological polar surface area (TPSA) is 75.7 Å². The number of hydrogen-bond acceptors (Lipinski definition) is 4. The van der Waals surface area contributed by atoms with Gasteiger partial charge in [0.15, 0.2) is 0 Å². The number of ether oxygens (including phenoxy) is 1. The largest absolute Gasteiger partial charge is 0.495 e. The minimum atomic E-state index is -3.66. The number of benzene rings is 1. The monoisotopic (exact) mass is 396 g/mol. The van der Waals surface area contributed by atoms with Crippen molar-refractivity contribution < 1.29 is 17.9 Å². The summed E-state index contributed by atoms with van der Waals surface area (Å²) in [6, 6.07) is 5.32. The first-order chi connectivity index (χ1) is 12.7. The number of methoxy groups -OCH3 is 1. The van der Waals surface area contributed by atoms with Gasteiger partial charge in [0.25, 0.3) is 0 Å². The Labute approximate surface area is 163 Å². The van der Waals surface area contributed by atoms with Crippen molar-refractivity contribution in [3.05, 3.63) is 23.8 Å². The number of hydrogen-bond donors (Lipinski definition) is 1. The van der Waals surface area contributed by atoms with Gasteiger partial charge in [-0.1, -0.05) is 33.8 Å². The molecule has 0 radical (unpaired) electrons. The molecular formula is C20H32N2O4S. The van der Waals surface area contributed by atoms with E-state index in [0.29, 0.717) is 44.1 Å². The Balaban J connectivity index is 2.13. The van der Waals surface area contributed by atoms with E-state index in [0.717, 1.165) is 5.56 Å². The highest BCUT2D eigenvalue weighted by molar-refractivity contribution is 7.89. The maximum absolute atomic E-state index is 13.2. The van der Waals surface area contributed by atoms with Crippen LogP contribution < -0.4 is 10.1 Å². The average molecular weight is 397 g/mol. The summed E-state index contributed by atoms with van der Waals surface area (Å²) in [6.07, 6.45) is 1.07. The van der Waals surface area contributed by atoms with E-state index < -0.39 is 10.0 Å². The molecule has 1 aromatic rings. The second kappa shape index (κ2) is 9.06. The van der Waals surface area contributed by atoms with Crippen molar-refractivity contribution in [1.82, 2.24) is 9.62 Å². The molecule has 1 N–H and O–H groups in total. The molecule has 0 aliphatic carbocycles. The zero-order chi connectivity index (χ0) is 20.2. The van der Waals surface area contributed by atoms with Crippen molar-refractivity contribution in [2.75, 3.05) is 26.7 Å². The van der Waals surface area contributed by atoms with Gasteiger partial charge in [0.05, 0.1) is 7.11 Å². The second-order valence-corrected chi connectivity index (χ2v) is 9.79. The molecule has 1 heterocycles. The molecule has 0 saturated carbocycles. The first-order valence-corrected chi connectivity index (χ1v) is 11.1. The molecule has 1 saturated heterocycles. The summed E-state index contributed by atoms with van der Waals surface area (Å²) in [5, 5.41) is 2.95. The van der Waals surface area contributed by atoms with E-state index in [9.17, 15) is 13.2 Å². The van der Waals surface area contributed by atoms with Crippen LogP contribution in [0.3, 0.4) is 0 Å². The minimum Gasteiger partial charge on any atom is -0.495 e. The number of nitrogens with zero attached hydrogens (tertiary/aromatic N) is 1. The predicted octanol–water partition coefficient (Wildman–Crippen LogP) is 2.99. The van der Waals surface area contributed by atoms with E-state index in [1.165, 1.54) is 11.4 Å². The van der Waals surface area contributed by atoms with Crippen LogP contribution >= 0.6 is 0 Å². The SMILES string of the molecule is COc1ccc(C(C)C)cc1S(=O)(=O)N1CCC(C(=O)NCC(C)C)CC1. The van der Waals surface area contributed by atoms with Gasteiger partial charge in [-0.2, -0.15) is 4.31 Å². The van der Waals surface area contributed by atoms with E-state index in [-0.39, 0.29) is 22.6 Å². The number of amides is 1. The van der Waals surface area contributed by atoms with Crippen LogP contribution in [0.15, 0.2) is 23.1 Å². The van der Waals surface area contributed by atoms with Crippen molar-refractivity contribution in [1.29, 1.82) is 0 Å². The standard InChI is InChI=1S/C20H32N2O4S/c1-14(2)13-21-20(23)16-8-10-22(11-9-16)27(24,25)19-12-17(15(3)4)6-7-18(19)26-5/h6-7,12,14-16H,8-11,13H2,1-5H3,(H,21,23). The summed E-state index contributed by atoms with van der Waals surface area (Å²) in [5.74, 6) is 0.880. The Morgan fingerprint density at radius 1 is 1.22 bits per heavy atom. The molecule has 0 atom stereocenters. The fourth-order valence-electron chi connectivity index (χ4n) is 3.20. The first kappa shape index (κ1) is 21.7. The van der Waals surface area contributed by atoms with E-state index in [4.69, 9.17) is 4.74 Å². The van der Waals surface area contributed by atoms with Crippen LogP contribution in [0.5, 0.6) is 5.75 Å². The summed E-state index contributed by atoms with van der Waals surface area (Å²) < 4.78 is 33.1. The van der Waals surface area contributed by atoms with Gasteiger partial charge in [0, 0.05) is 25.6 Å². The molecular weight excluding hydrogens is 364 g/mol. The number of piperidine rings is 1. The van der Waals surface area contributed by atoms with Gasteiger partial charge in [0.2, 0.25) is 15.9 Å². The Bertz CT molecular complexity index is 751.